The number of hydrogen-bond acceptors (Lipinski definition) is 5. The van der Waals surface area contributed by atoms with E-state index in [1.807, 2.05) is 11.8 Å². The van der Waals surface area contributed by atoms with Crippen molar-refractivity contribution in [1.82, 2.24) is 4.90 Å². The maximum Gasteiger partial charge on any atom is 0.225 e. The number of hydrogen-bond donors (Lipinski definition) is 2. The van der Waals surface area contributed by atoms with E-state index in [4.69, 9.17) is 16.2 Å². The lowest BCUT2D eigenvalue weighted by Gasteiger charge is -2.36. The topological polar surface area (TPSA) is 84.8 Å². The molecule has 0 bridgehead atoms. The molecule has 0 radical (unpaired) electrons. The number of rotatable bonds is 6. The maximum atomic E-state index is 12.0. The maximum absolute atomic E-state index is 12.0. The van der Waals surface area contributed by atoms with Gasteiger partial charge in [-0.05, 0) is 24.6 Å². The van der Waals surface area contributed by atoms with E-state index >= 15 is 0 Å². The van der Waals surface area contributed by atoms with Gasteiger partial charge in [-0.2, -0.15) is 0 Å². The molecule has 0 aliphatic carbocycles. The minimum absolute atomic E-state index is 0.0549. The SMILES string of the molecule is CC(N)c1ccc(N2CCN(C(=O)CCOCN)CC2)cc1. The van der Waals surface area contributed by atoms with E-state index in [-0.39, 0.29) is 18.7 Å². The van der Waals surface area contributed by atoms with Gasteiger partial charge >= 0.3 is 0 Å². The van der Waals surface area contributed by atoms with Gasteiger partial charge in [0, 0.05) is 37.9 Å². The molecule has 122 valence electrons. The second-order valence-electron chi connectivity index (χ2n) is 5.57. The number of carbonyl (C=O) groups is 1. The van der Waals surface area contributed by atoms with Crippen LogP contribution in [0.5, 0.6) is 0 Å². The first-order valence-corrected chi connectivity index (χ1v) is 7.78. The van der Waals surface area contributed by atoms with Gasteiger partial charge in [-0.15, -0.1) is 0 Å². The summed E-state index contributed by atoms with van der Waals surface area (Å²) in [6.07, 6.45) is 0.403. The number of nitrogens with zero attached hydrogens (tertiary/aromatic N) is 2. The molecule has 2 rings (SSSR count). The Hall–Kier alpha value is -1.63. The van der Waals surface area contributed by atoms with Crippen molar-refractivity contribution in [2.24, 2.45) is 11.5 Å². The number of nitrogens with two attached hydrogens (primary N) is 2. The van der Waals surface area contributed by atoms with Crippen molar-refractivity contribution in [1.29, 1.82) is 0 Å². The Bertz CT molecular complexity index is 468. The molecule has 0 aromatic heterocycles. The summed E-state index contributed by atoms with van der Waals surface area (Å²) in [7, 11) is 0. The fraction of sp³-hybridized carbons (Fsp3) is 0.562. The Morgan fingerprint density at radius 3 is 2.41 bits per heavy atom. The van der Waals surface area contributed by atoms with E-state index in [1.54, 1.807) is 0 Å². The zero-order valence-electron chi connectivity index (χ0n) is 13.2. The number of benzene rings is 1. The molecule has 1 aliphatic heterocycles. The van der Waals surface area contributed by atoms with Crippen molar-refractivity contribution in [2.45, 2.75) is 19.4 Å². The first kappa shape index (κ1) is 16.7. The van der Waals surface area contributed by atoms with Crippen LogP contribution in [0, 0.1) is 0 Å². The highest BCUT2D eigenvalue weighted by molar-refractivity contribution is 5.76. The Kier molecular flexibility index (Phi) is 6.18. The summed E-state index contributed by atoms with van der Waals surface area (Å²) in [4.78, 5) is 16.2. The first-order valence-electron chi connectivity index (χ1n) is 7.78. The summed E-state index contributed by atoms with van der Waals surface area (Å²) in [5.41, 5.74) is 13.4. The van der Waals surface area contributed by atoms with Crippen molar-refractivity contribution < 1.29 is 9.53 Å². The molecule has 1 heterocycles. The van der Waals surface area contributed by atoms with Gasteiger partial charge in [-0.25, -0.2) is 0 Å². The van der Waals surface area contributed by atoms with Crippen LogP contribution < -0.4 is 16.4 Å². The molecule has 1 aliphatic rings. The van der Waals surface area contributed by atoms with Gasteiger partial charge in [0.2, 0.25) is 5.91 Å². The van der Waals surface area contributed by atoms with Crippen molar-refractivity contribution in [3.8, 4) is 0 Å². The van der Waals surface area contributed by atoms with Crippen molar-refractivity contribution in [3.05, 3.63) is 29.8 Å². The summed E-state index contributed by atoms with van der Waals surface area (Å²) in [5.74, 6) is 0.139. The molecule has 1 aromatic rings. The van der Waals surface area contributed by atoms with Crippen LogP contribution in [0.15, 0.2) is 24.3 Å². The number of piperazine rings is 1. The second kappa shape index (κ2) is 8.12. The molecule has 6 nitrogen and oxygen atoms in total. The van der Waals surface area contributed by atoms with E-state index < -0.39 is 0 Å². The van der Waals surface area contributed by atoms with Crippen LogP contribution in [0.2, 0.25) is 0 Å². The monoisotopic (exact) mass is 306 g/mol. The molecule has 1 saturated heterocycles. The largest absolute Gasteiger partial charge is 0.368 e. The summed E-state index contributed by atoms with van der Waals surface area (Å²) in [5, 5.41) is 0. The predicted octanol–water partition coefficient (Wildman–Crippen LogP) is 0.678. The van der Waals surface area contributed by atoms with Gasteiger partial charge in [0.15, 0.2) is 0 Å². The lowest BCUT2D eigenvalue weighted by Crippen LogP contribution is -2.49. The number of anilines is 1. The molecule has 1 amide bonds. The zero-order valence-corrected chi connectivity index (χ0v) is 13.2. The van der Waals surface area contributed by atoms with Crippen LogP contribution in [-0.4, -0.2) is 50.3 Å². The van der Waals surface area contributed by atoms with E-state index in [2.05, 4.69) is 29.2 Å². The molecule has 1 aromatic carbocycles. The summed E-state index contributed by atoms with van der Waals surface area (Å²) in [6.45, 7) is 5.73. The fourth-order valence-corrected chi connectivity index (χ4v) is 2.60. The Morgan fingerprint density at radius 1 is 1.23 bits per heavy atom. The van der Waals surface area contributed by atoms with Gasteiger partial charge in [0.25, 0.3) is 0 Å². The Labute approximate surface area is 132 Å². The minimum Gasteiger partial charge on any atom is -0.368 e. The van der Waals surface area contributed by atoms with Crippen molar-refractivity contribution >= 4 is 11.6 Å². The summed E-state index contributed by atoms with van der Waals surface area (Å²) >= 11 is 0. The predicted molar refractivity (Wildman–Crippen MR) is 87.5 cm³/mol. The Morgan fingerprint density at radius 2 is 1.86 bits per heavy atom. The first-order chi connectivity index (χ1) is 10.6. The van der Waals surface area contributed by atoms with Crippen LogP contribution in [0.1, 0.15) is 24.9 Å². The number of carbonyl (C=O) groups excluding carboxylic acids is 1. The third kappa shape index (κ3) is 4.43. The highest BCUT2D eigenvalue weighted by Crippen LogP contribution is 2.19. The third-order valence-corrected chi connectivity index (χ3v) is 3.99. The van der Waals surface area contributed by atoms with Gasteiger partial charge in [0.05, 0.1) is 19.8 Å². The zero-order chi connectivity index (χ0) is 15.9. The fourth-order valence-electron chi connectivity index (χ4n) is 2.60. The van der Waals surface area contributed by atoms with Gasteiger partial charge in [-0.3, -0.25) is 4.79 Å². The lowest BCUT2D eigenvalue weighted by atomic mass is 10.1. The van der Waals surface area contributed by atoms with Gasteiger partial charge in [-0.1, -0.05) is 12.1 Å². The van der Waals surface area contributed by atoms with Crippen LogP contribution in [0.3, 0.4) is 0 Å². The van der Waals surface area contributed by atoms with E-state index in [1.165, 1.54) is 5.69 Å². The molecule has 4 N–H and O–H groups in total. The molecule has 22 heavy (non-hydrogen) atoms. The smallest absolute Gasteiger partial charge is 0.225 e. The van der Waals surface area contributed by atoms with Crippen LogP contribution >= 0.6 is 0 Å². The van der Waals surface area contributed by atoms with Crippen LogP contribution in [0.25, 0.3) is 0 Å². The van der Waals surface area contributed by atoms with E-state index in [0.717, 1.165) is 31.7 Å². The molecular formula is C16H26N4O2. The average Bonchev–Trinajstić information content (AvgIpc) is 2.55. The second-order valence-corrected chi connectivity index (χ2v) is 5.57. The molecule has 1 atom stereocenters. The highest BCUT2D eigenvalue weighted by atomic mass is 16.5. The van der Waals surface area contributed by atoms with Gasteiger partial charge in [0.1, 0.15) is 0 Å². The number of ether oxygens (including phenoxy) is 1. The van der Waals surface area contributed by atoms with Gasteiger partial charge < -0.3 is 26.0 Å². The number of amides is 1. The standard InChI is InChI=1S/C16H26N4O2/c1-13(18)14-2-4-15(5-3-14)19-7-9-20(10-8-19)16(21)6-11-22-12-17/h2-5,13H,6-12,17-18H2,1H3. The van der Waals surface area contributed by atoms with E-state index in [0.29, 0.717) is 13.0 Å². The van der Waals surface area contributed by atoms with Crippen molar-refractivity contribution in [2.75, 3.05) is 44.4 Å². The lowest BCUT2D eigenvalue weighted by molar-refractivity contribution is -0.132. The summed E-state index contributed by atoms with van der Waals surface area (Å²) < 4.78 is 5.03. The van der Waals surface area contributed by atoms with Crippen LogP contribution in [0.4, 0.5) is 5.69 Å². The van der Waals surface area contributed by atoms with Crippen LogP contribution in [-0.2, 0) is 9.53 Å². The molecule has 0 spiro atoms. The molecule has 1 fully saturated rings. The Balaban J connectivity index is 1.82. The minimum atomic E-state index is 0.0549. The molecule has 1 unspecified atom stereocenters. The molecule has 0 saturated carbocycles. The highest BCUT2D eigenvalue weighted by Gasteiger charge is 2.21. The van der Waals surface area contributed by atoms with Crippen molar-refractivity contribution in [3.63, 3.8) is 0 Å². The quantitative estimate of drug-likeness (QED) is 0.596. The molecule has 6 heteroatoms. The normalized spacial score (nSPS) is 16.7. The average molecular weight is 306 g/mol. The summed E-state index contributed by atoms with van der Waals surface area (Å²) in [6, 6.07) is 8.40. The third-order valence-electron chi connectivity index (χ3n) is 3.99. The van der Waals surface area contributed by atoms with E-state index in [9.17, 15) is 4.79 Å². The molecular weight excluding hydrogens is 280 g/mol.